The fraction of sp³-hybridized carbons (Fsp3) is 0.154. The number of amidine groups is 1. The lowest BCUT2D eigenvalue weighted by Crippen LogP contribution is -2.10. The molecule has 2 rings (SSSR count). The van der Waals surface area contributed by atoms with Gasteiger partial charge in [-0.2, -0.15) is 0 Å². The molecule has 1 aromatic carbocycles. The zero-order chi connectivity index (χ0) is 13.1. The van der Waals surface area contributed by atoms with Crippen molar-refractivity contribution in [1.29, 1.82) is 5.41 Å². The first-order valence-electron chi connectivity index (χ1n) is 5.37. The van der Waals surface area contributed by atoms with Crippen LogP contribution in [0.2, 0.25) is 5.02 Å². The number of furan rings is 1. The maximum Gasteiger partial charge on any atom is 0.122 e. The number of thioether (sulfide) groups is 1. The third-order valence-electron chi connectivity index (χ3n) is 2.56. The molecular formula is C13H13ClN2OS. The Balaban J connectivity index is 2.11. The smallest absolute Gasteiger partial charge is 0.122 e. The van der Waals surface area contributed by atoms with Gasteiger partial charge in [0.1, 0.15) is 11.6 Å². The van der Waals surface area contributed by atoms with Crippen LogP contribution in [0.25, 0.3) is 0 Å². The number of hydrogen-bond donors (Lipinski definition) is 2. The molecule has 0 bridgehead atoms. The van der Waals surface area contributed by atoms with Crippen LogP contribution in [-0.2, 0) is 5.75 Å². The lowest BCUT2D eigenvalue weighted by molar-refractivity contribution is 0.527. The molecule has 0 unspecified atom stereocenters. The lowest BCUT2D eigenvalue weighted by atomic mass is 10.1. The zero-order valence-electron chi connectivity index (χ0n) is 9.87. The van der Waals surface area contributed by atoms with Crippen LogP contribution in [0, 0.1) is 12.3 Å². The zero-order valence-corrected chi connectivity index (χ0v) is 11.4. The predicted octanol–water partition coefficient (Wildman–Crippen LogP) is 3.82. The third kappa shape index (κ3) is 2.89. The summed E-state index contributed by atoms with van der Waals surface area (Å²) in [5.74, 6) is 1.70. The van der Waals surface area contributed by atoms with Crippen molar-refractivity contribution in [3.63, 3.8) is 0 Å². The standard InChI is InChI=1S/C13H13ClN2OS/c1-8-12(4-5-17-8)18-7-10-3-2-9(13(15)16)6-11(10)14/h2-6H,7H2,1H3,(H3,15,16). The summed E-state index contributed by atoms with van der Waals surface area (Å²) in [5, 5.41) is 7.98. The Morgan fingerprint density at radius 2 is 2.22 bits per heavy atom. The summed E-state index contributed by atoms with van der Waals surface area (Å²) in [5.41, 5.74) is 7.08. The van der Waals surface area contributed by atoms with Crippen LogP contribution in [0.1, 0.15) is 16.9 Å². The van der Waals surface area contributed by atoms with Gasteiger partial charge in [-0.25, -0.2) is 0 Å². The molecule has 0 aliphatic rings. The highest BCUT2D eigenvalue weighted by atomic mass is 35.5. The molecule has 18 heavy (non-hydrogen) atoms. The first-order chi connectivity index (χ1) is 8.58. The number of nitrogens with one attached hydrogen (secondary N) is 1. The van der Waals surface area contributed by atoms with Crippen LogP contribution in [0.15, 0.2) is 39.8 Å². The van der Waals surface area contributed by atoms with Gasteiger partial charge in [0.05, 0.1) is 6.26 Å². The van der Waals surface area contributed by atoms with Gasteiger partial charge in [-0.05, 0) is 24.6 Å². The van der Waals surface area contributed by atoms with E-state index in [1.54, 1.807) is 24.1 Å². The van der Waals surface area contributed by atoms with Crippen LogP contribution < -0.4 is 5.73 Å². The maximum absolute atomic E-state index is 7.35. The second kappa shape index (κ2) is 5.50. The molecule has 94 valence electrons. The Kier molecular flexibility index (Phi) is 3.99. The minimum atomic E-state index is 0.0294. The van der Waals surface area contributed by atoms with Crippen molar-refractivity contribution in [2.45, 2.75) is 17.6 Å². The van der Waals surface area contributed by atoms with Gasteiger partial charge >= 0.3 is 0 Å². The van der Waals surface area contributed by atoms with Gasteiger partial charge < -0.3 is 10.2 Å². The summed E-state index contributed by atoms with van der Waals surface area (Å²) in [6.07, 6.45) is 1.68. The number of halogens is 1. The number of nitrogens with two attached hydrogens (primary N) is 1. The van der Waals surface area contributed by atoms with E-state index in [4.69, 9.17) is 27.2 Å². The third-order valence-corrected chi connectivity index (χ3v) is 4.10. The molecule has 0 aliphatic heterocycles. The van der Waals surface area contributed by atoms with Crippen molar-refractivity contribution < 1.29 is 4.42 Å². The number of aryl methyl sites for hydroxylation is 1. The molecule has 0 radical (unpaired) electrons. The first-order valence-corrected chi connectivity index (χ1v) is 6.74. The van der Waals surface area contributed by atoms with Gasteiger partial charge in [-0.3, -0.25) is 5.41 Å². The Hall–Kier alpha value is -1.39. The van der Waals surface area contributed by atoms with Gasteiger partial charge in [0.25, 0.3) is 0 Å². The number of benzene rings is 1. The van der Waals surface area contributed by atoms with Crippen molar-refractivity contribution in [3.8, 4) is 0 Å². The molecule has 0 saturated heterocycles. The normalized spacial score (nSPS) is 10.6. The fourth-order valence-corrected chi connectivity index (χ4v) is 2.80. The SMILES string of the molecule is Cc1occc1SCc1ccc(C(=N)N)cc1Cl. The molecule has 3 N–H and O–H groups in total. The molecule has 0 spiro atoms. The van der Waals surface area contributed by atoms with Gasteiger partial charge in [-0.15, -0.1) is 11.8 Å². The van der Waals surface area contributed by atoms with E-state index in [-0.39, 0.29) is 5.84 Å². The quantitative estimate of drug-likeness (QED) is 0.508. The van der Waals surface area contributed by atoms with E-state index < -0.39 is 0 Å². The van der Waals surface area contributed by atoms with Crippen LogP contribution in [0.5, 0.6) is 0 Å². The van der Waals surface area contributed by atoms with E-state index in [9.17, 15) is 0 Å². The second-order valence-corrected chi connectivity index (χ2v) is 5.27. The van der Waals surface area contributed by atoms with Gasteiger partial charge in [0.15, 0.2) is 0 Å². The average molecular weight is 281 g/mol. The minimum Gasteiger partial charge on any atom is -0.468 e. The summed E-state index contributed by atoms with van der Waals surface area (Å²) in [7, 11) is 0. The van der Waals surface area contributed by atoms with Crippen LogP contribution in [0.3, 0.4) is 0 Å². The van der Waals surface area contributed by atoms with Crippen molar-refractivity contribution in [2.24, 2.45) is 5.73 Å². The van der Waals surface area contributed by atoms with E-state index in [2.05, 4.69) is 0 Å². The molecule has 1 heterocycles. The topological polar surface area (TPSA) is 63.0 Å². The van der Waals surface area contributed by atoms with Crippen LogP contribution in [0.4, 0.5) is 0 Å². The van der Waals surface area contributed by atoms with Gasteiger partial charge in [-0.1, -0.05) is 23.7 Å². The van der Waals surface area contributed by atoms with Crippen molar-refractivity contribution >= 4 is 29.2 Å². The summed E-state index contributed by atoms with van der Waals surface area (Å²) < 4.78 is 5.24. The summed E-state index contributed by atoms with van der Waals surface area (Å²) >= 11 is 7.84. The molecule has 3 nitrogen and oxygen atoms in total. The average Bonchev–Trinajstić information content (AvgIpc) is 2.73. The summed E-state index contributed by atoms with van der Waals surface area (Å²) in [6, 6.07) is 7.38. The van der Waals surface area contributed by atoms with Crippen LogP contribution >= 0.6 is 23.4 Å². The molecule has 0 aliphatic carbocycles. The van der Waals surface area contributed by atoms with Crippen molar-refractivity contribution in [1.82, 2.24) is 0 Å². The van der Waals surface area contributed by atoms with E-state index in [0.29, 0.717) is 10.6 Å². The molecule has 1 aromatic heterocycles. The second-order valence-electron chi connectivity index (χ2n) is 3.85. The van der Waals surface area contributed by atoms with E-state index >= 15 is 0 Å². The number of nitrogen functional groups attached to an aromatic ring is 1. The number of hydrogen-bond acceptors (Lipinski definition) is 3. The summed E-state index contributed by atoms with van der Waals surface area (Å²) in [4.78, 5) is 1.11. The Morgan fingerprint density at radius 1 is 1.44 bits per heavy atom. The van der Waals surface area contributed by atoms with Crippen molar-refractivity contribution in [2.75, 3.05) is 0 Å². The van der Waals surface area contributed by atoms with E-state index in [0.717, 1.165) is 22.0 Å². The molecule has 2 aromatic rings. The minimum absolute atomic E-state index is 0.0294. The van der Waals surface area contributed by atoms with Gasteiger partial charge in [0, 0.05) is 21.2 Å². The largest absolute Gasteiger partial charge is 0.468 e. The molecular weight excluding hydrogens is 268 g/mol. The van der Waals surface area contributed by atoms with Crippen molar-refractivity contribution in [3.05, 3.63) is 52.4 Å². The van der Waals surface area contributed by atoms with Gasteiger partial charge in [0.2, 0.25) is 0 Å². The predicted molar refractivity (Wildman–Crippen MR) is 75.5 cm³/mol. The van der Waals surface area contributed by atoms with Crippen LogP contribution in [-0.4, -0.2) is 5.84 Å². The Morgan fingerprint density at radius 3 is 2.78 bits per heavy atom. The van der Waals surface area contributed by atoms with E-state index in [1.807, 2.05) is 25.1 Å². The Labute approximate surface area is 115 Å². The molecule has 0 amide bonds. The molecule has 0 saturated carbocycles. The lowest BCUT2D eigenvalue weighted by Gasteiger charge is -2.06. The molecule has 5 heteroatoms. The highest BCUT2D eigenvalue weighted by molar-refractivity contribution is 7.98. The molecule has 0 atom stereocenters. The fourth-order valence-electron chi connectivity index (χ4n) is 1.51. The highest BCUT2D eigenvalue weighted by Gasteiger charge is 2.07. The Bertz CT molecular complexity index is 580. The maximum atomic E-state index is 7.35. The number of rotatable bonds is 4. The van der Waals surface area contributed by atoms with E-state index in [1.165, 1.54) is 0 Å². The highest BCUT2D eigenvalue weighted by Crippen LogP contribution is 2.29. The first kappa shape index (κ1) is 13.1. The summed E-state index contributed by atoms with van der Waals surface area (Å²) in [6.45, 7) is 1.93. The monoisotopic (exact) mass is 280 g/mol. The molecule has 0 fully saturated rings.